The van der Waals surface area contributed by atoms with Crippen molar-refractivity contribution in [3.63, 3.8) is 0 Å². The first-order chi connectivity index (χ1) is 13.0. The van der Waals surface area contributed by atoms with Gasteiger partial charge >= 0.3 is 0 Å². The van der Waals surface area contributed by atoms with Crippen molar-refractivity contribution in [2.75, 3.05) is 13.1 Å². The Hall–Kier alpha value is -3.42. The molecule has 1 fully saturated rings. The summed E-state index contributed by atoms with van der Waals surface area (Å²) in [6.07, 6.45) is 7.28. The normalized spacial score (nSPS) is 15.0. The number of piperidine rings is 1. The van der Waals surface area contributed by atoms with Crippen LogP contribution in [0.1, 0.15) is 28.8 Å². The van der Waals surface area contributed by atoms with E-state index < -0.39 is 4.92 Å². The van der Waals surface area contributed by atoms with Gasteiger partial charge in [-0.1, -0.05) is 0 Å². The van der Waals surface area contributed by atoms with Gasteiger partial charge in [0, 0.05) is 37.3 Å². The van der Waals surface area contributed by atoms with Gasteiger partial charge in [0.25, 0.3) is 11.6 Å². The summed E-state index contributed by atoms with van der Waals surface area (Å²) < 4.78 is 4.94. The van der Waals surface area contributed by atoms with Crippen LogP contribution in [0.4, 0.5) is 5.69 Å². The van der Waals surface area contributed by atoms with Crippen LogP contribution in [-0.4, -0.2) is 40.8 Å². The molecule has 0 bridgehead atoms. The van der Waals surface area contributed by atoms with Crippen molar-refractivity contribution < 1.29 is 18.9 Å². The summed E-state index contributed by atoms with van der Waals surface area (Å²) in [7, 11) is 0. The summed E-state index contributed by atoms with van der Waals surface area (Å²) in [5.41, 5.74) is 1.24. The highest BCUT2D eigenvalue weighted by atomic mass is 16.6. The molecule has 2 aromatic rings. The molecule has 1 N–H and O–H groups in total. The van der Waals surface area contributed by atoms with Crippen LogP contribution in [0.5, 0.6) is 0 Å². The van der Waals surface area contributed by atoms with E-state index in [-0.39, 0.29) is 23.5 Å². The highest BCUT2D eigenvalue weighted by Crippen LogP contribution is 2.15. The van der Waals surface area contributed by atoms with Gasteiger partial charge in [0.15, 0.2) is 0 Å². The number of benzene rings is 1. The molecular weight excluding hydrogens is 350 g/mol. The van der Waals surface area contributed by atoms with Gasteiger partial charge in [-0.3, -0.25) is 19.7 Å². The van der Waals surface area contributed by atoms with Crippen LogP contribution in [0.3, 0.4) is 0 Å². The lowest BCUT2D eigenvalue weighted by molar-refractivity contribution is -0.384. The third kappa shape index (κ3) is 4.81. The number of carbonyl (C=O) groups excluding carboxylic acids is 2. The van der Waals surface area contributed by atoms with Gasteiger partial charge in [-0.15, -0.1) is 0 Å². The van der Waals surface area contributed by atoms with Gasteiger partial charge in [-0.05, 0) is 42.7 Å². The molecular formula is C19H19N3O5. The summed E-state index contributed by atoms with van der Waals surface area (Å²) in [5, 5.41) is 13.5. The number of amides is 2. The lowest BCUT2D eigenvalue weighted by Crippen LogP contribution is -2.46. The lowest BCUT2D eigenvalue weighted by atomic mass is 10.0. The maximum absolute atomic E-state index is 12.2. The van der Waals surface area contributed by atoms with Crippen molar-refractivity contribution in [3.05, 3.63) is 70.2 Å². The van der Waals surface area contributed by atoms with Crippen LogP contribution in [-0.2, 0) is 4.79 Å². The molecule has 1 aromatic carbocycles. The maximum Gasteiger partial charge on any atom is 0.269 e. The van der Waals surface area contributed by atoms with Crippen molar-refractivity contribution in [1.29, 1.82) is 0 Å². The minimum absolute atomic E-state index is 0.00686. The average Bonchev–Trinajstić information content (AvgIpc) is 3.21. The lowest BCUT2D eigenvalue weighted by Gasteiger charge is -2.32. The number of hydrogen-bond acceptors (Lipinski definition) is 5. The molecule has 0 radical (unpaired) electrons. The van der Waals surface area contributed by atoms with Crippen molar-refractivity contribution in [2.45, 2.75) is 18.9 Å². The van der Waals surface area contributed by atoms with E-state index in [1.54, 1.807) is 29.2 Å². The molecule has 2 heterocycles. The van der Waals surface area contributed by atoms with Crippen LogP contribution in [0.15, 0.2) is 53.4 Å². The smallest absolute Gasteiger partial charge is 0.269 e. The van der Waals surface area contributed by atoms with E-state index in [0.29, 0.717) is 37.1 Å². The monoisotopic (exact) mass is 369 g/mol. The molecule has 27 heavy (non-hydrogen) atoms. The molecule has 0 unspecified atom stereocenters. The Morgan fingerprint density at radius 1 is 1.19 bits per heavy atom. The first kappa shape index (κ1) is 18.4. The molecule has 1 aliphatic rings. The number of nitro benzene ring substituents is 1. The molecule has 0 aliphatic carbocycles. The summed E-state index contributed by atoms with van der Waals surface area (Å²) in [6.45, 7) is 1.14. The quantitative estimate of drug-likeness (QED) is 0.495. The third-order valence-electron chi connectivity index (χ3n) is 4.43. The van der Waals surface area contributed by atoms with Crippen LogP contribution in [0, 0.1) is 10.1 Å². The predicted octanol–water partition coefficient (Wildman–Crippen LogP) is 2.62. The number of nitro groups is 1. The van der Waals surface area contributed by atoms with Crippen LogP contribution in [0.25, 0.3) is 6.08 Å². The number of hydrogen-bond donors (Lipinski definition) is 1. The number of non-ortho nitro benzene ring substituents is 1. The van der Waals surface area contributed by atoms with E-state index in [2.05, 4.69) is 5.32 Å². The summed E-state index contributed by atoms with van der Waals surface area (Å²) in [5.74, 6) is -0.292. The van der Waals surface area contributed by atoms with Gasteiger partial charge in [0.05, 0.1) is 16.7 Å². The minimum Gasteiger partial charge on any atom is -0.472 e. The second-order valence-electron chi connectivity index (χ2n) is 6.27. The van der Waals surface area contributed by atoms with E-state index >= 15 is 0 Å². The fourth-order valence-corrected chi connectivity index (χ4v) is 2.92. The molecule has 8 heteroatoms. The van der Waals surface area contributed by atoms with Gasteiger partial charge in [-0.2, -0.15) is 0 Å². The molecule has 2 amide bonds. The summed E-state index contributed by atoms with van der Waals surface area (Å²) in [6, 6.07) is 7.60. The maximum atomic E-state index is 12.2. The predicted molar refractivity (Wildman–Crippen MR) is 97.9 cm³/mol. The first-order valence-corrected chi connectivity index (χ1v) is 8.57. The molecule has 0 saturated carbocycles. The van der Waals surface area contributed by atoms with Crippen LogP contribution < -0.4 is 5.32 Å². The van der Waals surface area contributed by atoms with Gasteiger partial charge < -0.3 is 14.6 Å². The number of carbonyl (C=O) groups is 2. The molecule has 140 valence electrons. The van der Waals surface area contributed by atoms with Crippen molar-refractivity contribution in [3.8, 4) is 0 Å². The molecule has 0 atom stereocenters. The van der Waals surface area contributed by atoms with Crippen LogP contribution in [0.2, 0.25) is 0 Å². The Morgan fingerprint density at radius 3 is 2.48 bits per heavy atom. The fourth-order valence-electron chi connectivity index (χ4n) is 2.92. The van der Waals surface area contributed by atoms with Gasteiger partial charge in [0.2, 0.25) is 5.91 Å². The summed E-state index contributed by atoms with van der Waals surface area (Å²) >= 11 is 0. The van der Waals surface area contributed by atoms with E-state index in [1.165, 1.54) is 30.7 Å². The largest absolute Gasteiger partial charge is 0.472 e. The number of furan rings is 1. The Labute approximate surface area is 155 Å². The Bertz CT molecular complexity index is 835. The number of likely N-dealkylation sites (tertiary alicyclic amines) is 1. The molecule has 1 aromatic heterocycles. The van der Waals surface area contributed by atoms with Crippen molar-refractivity contribution in [2.24, 2.45) is 0 Å². The molecule has 0 spiro atoms. The fraction of sp³-hybridized carbons (Fsp3) is 0.263. The summed E-state index contributed by atoms with van der Waals surface area (Å²) in [4.78, 5) is 36.2. The number of rotatable bonds is 5. The van der Waals surface area contributed by atoms with Crippen LogP contribution >= 0.6 is 0 Å². The highest BCUT2D eigenvalue weighted by Gasteiger charge is 2.24. The second-order valence-corrected chi connectivity index (χ2v) is 6.27. The van der Waals surface area contributed by atoms with Gasteiger partial charge in [0.1, 0.15) is 6.26 Å². The van der Waals surface area contributed by atoms with E-state index in [4.69, 9.17) is 4.42 Å². The molecule has 1 saturated heterocycles. The zero-order valence-corrected chi connectivity index (χ0v) is 14.5. The zero-order chi connectivity index (χ0) is 19.2. The van der Waals surface area contributed by atoms with E-state index in [1.807, 2.05) is 0 Å². The standard InChI is InChI=1S/C19H19N3O5/c23-18(6-3-14-1-4-17(5-2-14)22(25)26)20-16-7-10-21(11-8-16)19(24)15-9-12-27-13-15/h1-6,9,12-13,16H,7-8,10-11H2,(H,20,23)/b6-3+. The average molecular weight is 369 g/mol. The van der Waals surface area contributed by atoms with E-state index in [0.717, 1.165) is 0 Å². The Morgan fingerprint density at radius 2 is 1.89 bits per heavy atom. The van der Waals surface area contributed by atoms with E-state index in [9.17, 15) is 19.7 Å². The third-order valence-corrected chi connectivity index (χ3v) is 4.43. The Balaban J connectivity index is 1.46. The Kier molecular flexibility index (Phi) is 5.65. The highest BCUT2D eigenvalue weighted by molar-refractivity contribution is 5.94. The molecule has 8 nitrogen and oxygen atoms in total. The minimum atomic E-state index is -0.468. The second kappa shape index (κ2) is 8.31. The SMILES string of the molecule is O=C(/C=C/c1ccc([N+](=O)[O-])cc1)NC1CCN(C(=O)c2ccoc2)CC1. The zero-order valence-electron chi connectivity index (χ0n) is 14.5. The molecule has 3 rings (SSSR count). The number of nitrogens with one attached hydrogen (secondary N) is 1. The van der Waals surface area contributed by atoms with Gasteiger partial charge in [-0.25, -0.2) is 0 Å². The van der Waals surface area contributed by atoms with Crippen molar-refractivity contribution in [1.82, 2.24) is 10.2 Å². The number of nitrogens with zero attached hydrogens (tertiary/aromatic N) is 2. The first-order valence-electron chi connectivity index (χ1n) is 8.57. The molecule has 1 aliphatic heterocycles. The van der Waals surface area contributed by atoms with Crippen molar-refractivity contribution >= 4 is 23.6 Å². The topological polar surface area (TPSA) is 106 Å².